The van der Waals surface area contributed by atoms with Gasteiger partial charge in [-0.25, -0.2) is 18.4 Å². The first kappa shape index (κ1) is 19.9. The highest BCUT2D eigenvalue weighted by Gasteiger charge is 2.30. The predicted molar refractivity (Wildman–Crippen MR) is 113 cm³/mol. The molecule has 3 heterocycles. The second kappa shape index (κ2) is 7.78. The number of piperazine rings is 1. The Labute approximate surface area is 175 Å². The van der Waals surface area contributed by atoms with Crippen LogP contribution in [0.25, 0.3) is 5.82 Å². The number of rotatable bonds is 4. The summed E-state index contributed by atoms with van der Waals surface area (Å²) in [5.74, 6) is 2.27. The van der Waals surface area contributed by atoms with Crippen LogP contribution in [0.3, 0.4) is 0 Å². The van der Waals surface area contributed by atoms with Crippen LogP contribution < -0.4 is 4.90 Å². The largest absolute Gasteiger partial charge is 0.354 e. The molecule has 1 fully saturated rings. The molecule has 0 amide bonds. The van der Waals surface area contributed by atoms with Crippen LogP contribution in [-0.2, 0) is 10.0 Å². The van der Waals surface area contributed by atoms with E-state index in [0.29, 0.717) is 42.6 Å². The molecular formula is C20H22ClN5O2S. The number of hydrogen-bond donors (Lipinski definition) is 0. The lowest BCUT2D eigenvalue weighted by Crippen LogP contribution is -2.49. The smallest absolute Gasteiger partial charge is 0.243 e. The first-order chi connectivity index (χ1) is 13.9. The molecule has 0 aliphatic carbocycles. The average Bonchev–Trinajstić information content (AvgIpc) is 3.24. The van der Waals surface area contributed by atoms with E-state index in [4.69, 9.17) is 11.6 Å². The minimum atomic E-state index is -3.59. The van der Waals surface area contributed by atoms with Gasteiger partial charge in [0.15, 0.2) is 0 Å². The molecule has 152 valence electrons. The molecule has 0 spiro atoms. The Bertz CT molecular complexity index is 1120. The maximum atomic E-state index is 13.1. The van der Waals surface area contributed by atoms with Gasteiger partial charge in [0.05, 0.1) is 4.90 Å². The Morgan fingerprint density at radius 3 is 2.28 bits per heavy atom. The van der Waals surface area contributed by atoms with Gasteiger partial charge in [-0.2, -0.15) is 4.31 Å². The summed E-state index contributed by atoms with van der Waals surface area (Å²) in [5, 5.41) is 0.457. The number of anilines is 1. The quantitative estimate of drug-likeness (QED) is 0.634. The van der Waals surface area contributed by atoms with Gasteiger partial charge in [0, 0.05) is 49.7 Å². The van der Waals surface area contributed by atoms with Crippen molar-refractivity contribution in [1.82, 2.24) is 18.8 Å². The van der Waals surface area contributed by atoms with Crippen LogP contribution in [0.1, 0.15) is 11.4 Å². The summed E-state index contributed by atoms with van der Waals surface area (Å²) >= 11 is 6.13. The van der Waals surface area contributed by atoms with Crippen molar-refractivity contribution < 1.29 is 8.42 Å². The molecule has 1 aliphatic heterocycles. The highest BCUT2D eigenvalue weighted by molar-refractivity contribution is 7.89. The predicted octanol–water partition coefficient (Wildman–Crippen LogP) is 3.05. The van der Waals surface area contributed by atoms with Gasteiger partial charge in [-0.15, -0.1) is 0 Å². The monoisotopic (exact) mass is 431 g/mol. The van der Waals surface area contributed by atoms with Gasteiger partial charge in [-0.1, -0.05) is 17.7 Å². The molecular weight excluding hydrogens is 410 g/mol. The van der Waals surface area contributed by atoms with Crippen molar-refractivity contribution in [3.63, 3.8) is 0 Å². The van der Waals surface area contributed by atoms with E-state index in [1.807, 2.05) is 42.1 Å². The van der Waals surface area contributed by atoms with Crippen molar-refractivity contribution in [1.29, 1.82) is 0 Å². The van der Waals surface area contributed by atoms with Gasteiger partial charge < -0.3 is 9.47 Å². The van der Waals surface area contributed by atoms with Crippen LogP contribution in [0, 0.1) is 13.8 Å². The van der Waals surface area contributed by atoms with Crippen LogP contribution in [0.15, 0.2) is 53.7 Å². The average molecular weight is 432 g/mol. The standard InChI is InChI=1S/C20H22ClN5O2S/c1-15-17(21)6-5-7-18(15)29(27,28)26-12-10-25(11-13-26)20-14-19(22-16(2)23-20)24-8-3-4-9-24/h3-9,14H,10-13H2,1-2H3. The summed E-state index contributed by atoms with van der Waals surface area (Å²) < 4.78 is 29.6. The zero-order chi connectivity index (χ0) is 20.6. The van der Waals surface area contributed by atoms with Crippen molar-refractivity contribution in [2.24, 2.45) is 0 Å². The van der Waals surface area contributed by atoms with Crippen LogP contribution in [-0.4, -0.2) is 53.4 Å². The van der Waals surface area contributed by atoms with Crippen molar-refractivity contribution in [2.75, 3.05) is 31.1 Å². The van der Waals surface area contributed by atoms with Crippen LogP contribution >= 0.6 is 11.6 Å². The van der Waals surface area contributed by atoms with Crippen molar-refractivity contribution in [2.45, 2.75) is 18.7 Å². The summed E-state index contributed by atoms with van der Waals surface area (Å²) in [7, 11) is -3.59. The molecule has 3 aromatic rings. The first-order valence-corrected chi connectivity index (χ1v) is 11.2. The van der Waals surface area contributed by atoms with Gasteiger partial charge in [0.25, 0.3) is 0 Å². The van der Waals surface area contributed by atoms with Gasteiger partial charge in [0.2, 0.25) is 10.0 Å². The molecule has 1 aliphatic rings. The highest BCUT2D eigenvalue weighted by Crippen LogP contribution is 2.27. The molecule has 0 bridgehead atoms. The molecule has 1 saturated heterocycles. The summed E-state index contributed by atoms with van der Waals surface area (Å²) in [6, 6.07) is 10.8. The van der Waals surface area contributed by atoms with Gasteiger partial charge in [-0.3, -0.25) is 0 Å². The Kier molecular flexibility index (Phi) is 5.33. The third kappa shape index (κ3) is 3.88. The number of aryl methyl sites for hydroxylation is 1. The molecule has 0 atom stereocenters. The minimum absolute atomic E-state index is 0.270. The Morgan fingerprint density at radius 2 is 1.59 bits per heavy atom. The van der Waals surface area contributed by atoms with Gasteiger partial charge >= 0.3 is 0 Å². The SMILES string of the molecule is Cc1nc(N2CCN(S(=O)(=O)c3cccc(Cl)c3C)CC2)cc(-n2cccc2)n1. The van der Waals surface area contributed by atoms with Crippen molar-refractivity contribution in [3.8, 4) is 5.82 Å². The van der Waals surface area contributed by atoms with Crippen LogP contribution in [0.2, 0.25) is 5.02 Å². The molecule has 7 nitrogen and oxygen atoms in total. The molecule has 9 heteroatoms. The van der Waals surface area contributed by atoms with E-state index in [9.17, 15) is 8.42 Å². The van der Waals surface area contributed by atoms with E-state index >= 15 is 0 Å². The molecule has 2 aromatic heterocycles. The summed E-state index contributed by atoms with van der Waals surface area (Å²) in [5.41, 5.74) is 0.583. The Hall–Kier alpha value is -2.42. The summed E-state index contributed by atoms with van der Waals surface area (Å²) in [6.45, 7) is 5.48. The fourth-order valence-corrected chi connectivity index (χ4v) is 5.38. The fraction of sp³-hybridized carbons (Fsp3) is 0.300. The van der Waals surface area contributed by atoms with E-state index in [2.05, 4.69) is 14.9 Å². The number of aromatic nitrogens is 3. The van der Waals surface area contributed by atoms with E-state index < -0.39 is 10.0 Å². The third-order valence-corrected chi connectivity index (χ3v) is 7.53. The fourth-order valence-electron chi connectivity index (χ4n) is 3.48. The lowest BCUT2D eigenvalue weighted by atomic mass is 10.2. The summed E-state index contributed by atoms with van der Waals surface area (Å²) in [4.78, 5) is 11.4. The normalized spacial score (nSPS) is 15.6. The molecule has 29 heavy (non-hydrogen) atoms. The maximum absolute atomic E-state index is 13.1. The van der Waals surface area contributed by atoms with E-state index in [1.165, 1.54) is 4.31 Å². The highest BCUT2D eigenvalue weighted by atomic mass is 35.5. The van der Waals surface area contributed by atoms with Gasteiger partial charge in [-0.05, 0) is 43.7 Å². The van der Waals surface area contributed by atoms with Crippen LogP contribution in [0.4, 0.5) is 5.82 Å². The zero-order valence-corrected chi connectivity index (χ0v) is 17.9. The molecule has 0 saturated carbocycles. The summed E-state index contributed by atoms with van der Waals surface area (Å²) in [6.07, 6.45) is 3.87. The van der Waals surface area contributed by atoms with Gasteiger partial charge in [0.1, 0.15) is 17.5 Å². The second-order valence-corrected chi connectivity index (χ2v) is 9.29. The van der Waals surface area contributed by atoms with Crippen molar-refractivity contribution in [3.05, 3.63) is 65.2 Å². The molecule has 0 N–H and O–H groups in total. The number of sulfonamides is 1. The maximum Gasteiger partial charge on any atom is 0.243 e. The number of hydrogen-bond acceptors (Lipinski definition) is 5. The zero-order valence-electron chi connectivity index (χ0n) is 16.3. The number of halogens is 1. The first-order valence-electron chi connectivity index (χ1n) is 9.35. The lowest BCUT2D eigenvalue weighted by Gasteiger charge is -2.35. The minimum Gasteiger partial charge on any atom is -0.354 e. The molecule has 0 radical (unpaired) electrons. The number of benzene rings is 1. The topological polar surface area (TPSA) is 71.3 Å². The number of nitrogens with zero attached hydrogens (tertiary/aromatic N) is 5. The molecule has 0 unspecified atom stereocenters. The lowest BCUT2D eigenvalue weighted by molar-refractivity contribution is 0.383. The Balaban J connectivity index is 1.53. The van der Waals surface area contributed by atoms with E-state index in [1.54, 1.807) is 25.1 Å². The molecule has 1 aromatic carbocycles. The van der Waals surface area contributed by atoms with Crippen molar-refractivity contribution >= 4 is 27.4 Å². The van der Waals surface area contributed by atoms with E-state index in [-0.39, 0.29) is 4.90 Å². The second-order valence-electron chi connectivity index (χ2n) is 6.98. The Morgan fingerprint density at radius 1 is 0.931 bits per heavy atom. The third-order valence-electron chi connectivity index (χ3n) is 5.08. The van der Waals surface area contributed by atoms with Crippen LogP contribution in [0.5, 0.6) is 0 Å². The van der Waals surface area contributed by atoms with E-state index in [0.717, 1.165) is 11.6 Å². The molecule has 4 rings (SSSR count).